The fourth-order valence-electron chi connectivity index (χ4n) is 2.08. The van der Waals surface area contributed by atoms with Crippen LogP contribution in [0.1, 0.15) is 0 Å². The Balaban J connectivity index is 1.94. The number of hydrogen-bond donors (Lipinski definition) is 5. The number of rotatable bonds is 4. The van der Waals surface area contributed by atoms with Gasteiger partial charge in [0.25, 0.3) is 0 Å². The van der Waals surface area contributed by atoms with E-state index in [1.54, 1.807) is 7.05 Å². The van der Waals surface area contributed by atoms with Crippen molar-refractivity contribution in [1.29, 1.82) is 0 Å². The SMILES string of the molecule is CN=C1N[C@@H]2[C@@H](O)[C@H](O)[C@@H](CNCC(=O)O)O[C@@H]2S1. The van der Waals surface area contributed by atoms with Gasteiger partial charge in [-0.25, -0.2) is 0 Å². The van der Waals surface area contributed by atoms with Crippen molar-refractivity contribution in [3.63, 3.8) is 0 Å². The first-order chi connectivity index (χ1) is 9.02. The number of fused-ring (bicyclic) bond motifs is 1. The van der Waals surface area contributed by atoms with Crippen molar-refractivity contribution in [1.82, 2.24) is 10.6 Å². The lowest BCUT2D eigenvalue weighted by Crippen LogP contribution is -2.60. The Morgan fingerprint density at radius 1 is 1.53 bits per heavy atom. The second-order valence-electron chi connectivity index (χ2n) is 4.37. The van der Waals surface area contributed by atoms with Gasteiger partial charge in [0, 0.05) is 13.6 Å². The van der Waals surface area contributed by atoms with Crippen LogP contribution >= 0.6 is 11.8 Å². The van der Waals surface area contributed by atoms with Gasteiger partial charge < -0.3 is 30.7 Å². The van der Waals surface area contributed by atoms with Crippen LogP contribution in [-0.4, -0.2) is 76.4 Å². The minimum atomic E-state index is -1.08. The first-order valence-electron chi connectivity index (χ1n) is 5.87. The molecule has 0 aliphatic carbocycles. The maximum atomic E-state index is 10.4. The molecular weight excluding hydrogens is 274 g/mol. The Morgan fingerprint density at radius 3 is 2.89 bits per heavy atom. The normalized spacial score (nSPS) is 39.9. The molecular formula is C10H17N3O5S. The van der Waals surface area contributed by atoms with Gasteiger partial charge in [0.1, 0.15) is 23.7 Å². The summed E-state index contributed by atoms with van der Waals surface area (Å²) in [4.78, 5) is 14.4. The van der Waals surface area contributed by atoms with Crippen molar-refractivity contribution in [2.75, 3.05) is 20.1 Å². The zero-order valence-electron chi connectivity index (χ0n) is 10.3. The average molecular weight is 291 g/mol. The van der Waals surface area contributed by atoms with Crippen LogP contribution < -0.4 is 10.6 Å². The van der Waals surface area contributed by atoms with Crippen LogP contribution in [0.2, 0.25) is 0 Å². The van der Waals surface area contributed by atoms with Crippen LogP contribution in [0.15, 0.2) is 4.99 Å². The number of carboxylic acid groups (broad SMARTS) is 1. The highest BCUT2D eigenvalue weighted by Crippen LogP contribution is 2.33. The fraction of sp³-hybridized carbons (Fsp3) is 0.800. The maximum Gasteiger partial charge on any atom is 0.317 e. The molecule has 5 N–H and O–H groups in total. The quantitative estimate of drug-likeness (QED) is 0.395. The smallest absolute Gasteiger partial charge is 0.317 e. The Morgan fingerprint density at radius 2 is 2.26 bits per heavy atom. The molecule has 0 unspecified atom stereocenters. The van der Waals surface area contributed by atoms with Gasteiger partial charge in [-0.3, -0.25) is 9.79 Å². The molecule has 108 valence electrons. The fourth-order valence-corrected chi connectivity index (χ4v) is 3.18. The number of amidine groups is 1. The zero-order valence-corrected chi connectivity index (χ0v) is 11.1. The molecule has 0 saturated carbocycles. The van der Waals surface area contributed by atoms with E-state index in [0.29, 0.717) is 5.17 Å². The summed E-state index contributed by atoms with van der Waals surface area (Å²) in [6.45, 7) is -0.0588. The van der Waals surface area contributed by atoms with E-state index in [-0.39, 0.29) is 18.5 Å². The molecule has 5 atom stereocenters. The summed E-state index contributed by atoms with van der Waals surface area (Å²) in [6.07, 6.45) is -2.71. The number of hydrogen-bond acceptors (Lipinski definition) is 7. The van der Waals surface area contributed by atoms with Crippen LogP contribution in [0.4, 0.5) is 0 Å². The molecule has 9 heteroatoms. The first-order valence-corrected chi connectivity index (χ1v) is 6.75. The molecule has 0 bridgehead atoms. The van der Waals surface area contributed by atoms with Gasteiger partial charge >= 0.3 is 5.97 Å². The monoisotopic (exact) mass is 291 g/mol. The summed E-state index contributed by atoms with van der Waals surface area (Å²) in [6, 6.07) is -0.408. The molecule has 2 saturated heterocycles. The number of nitrogens with one attached hydrogen (secondary N) is 2. The van der Waals surface area contributed by atoms with Crippen molar-refractivity contribution in [3.8, 4) is 0 Å². The number of ether oxygens (including phenoxy) is 1. The molecule has 2 aliphatic heterocycles. The van der Waals surface area contributed by atoms with E-state index in [4.69, 9.17) is 9.84 Å². The highest BCUT2D eigenvalue weighted by Gasteiger charge is 2.48. The van der Waals surface area contributed by atoms with Gasteiger partial charge in [0.05, 0.1) is 12.6 Å². The molecule has 2 aliphatic rings. The molecule has 0 aromatic carbocycles. The minimum Gasteiger partial charge on any atom is -0.480 e. The van der Waals surface area contributed by atoms with Crippen molar-refractivity contribution in [3.05, 3.63) is 0 Å². The summed E-state index contributed by atoms with van der Waals surface area (Å²) in [5.74, 6) is -0.985. The van der Waals surface area contributed by atoms with E-state index in [0.717, 1.165) is 0 Å². The van der Waals surface area contributed by atoms with Crippen LogP contribution in [0.3, 0.4) is 0 Å². The topological polar surface area (TPSA) is 123 Å². The molecule has 0 radical (unpaired) electrons. The summed E-state index contributed by atoms with van der Waals surface area (Å²) in [5.41, 5.74) is -0.339. The first kappa shape index (κ1) is 14.5. The van der Waals surface area contributed by atoms with Crippen molar-refractivity contribution in [2.45, 2.75) is 29.8 Å². The Bertz CT molecular complexity index is 380. The van der Waals surface area contributed by atoms with Crippen LogP contribution in [0.5, 0.6) is 0 Å². The third kappa shape index (κ3) is 3.18. The second-order valence-corrected chi connectivity index (χ2v) is 5.45. The number of thioether (sulfide) groups is 1. The lowest BCUT2D eigenvalue weighted by atomic mass is 9.98. The van der Waals surface area contributed by atoms with Crippen molar-refractivity contribution < 1.29 is 24.9 Å². The standard InChI is InChI=1S/C10H17N3O5S/c1-11-10-13-6-8(17)7(16)4(18-9(6)19-10)2-12-3-5(14)15/h4,6-9,12,16-17H,2-3H2,1H3,(H,11,13)(H,14,15)/t4-,6-,7-,8-,9-/m1/s1. The highest BCUT2D eigenvalue weighted by molar-refractivity contribution is 8.14. The molecule has 8 nitrogen and oxygen atoms in total. The van der Waals surface area contributed by atoms with E-state index in [9.17, 15) is 15.0 Å². The second kappa shape index (κ2) is 6.06. The third-order valence-corrected chi connectivity index (χ3v) is 4.20. The maximum absolute atomic E-state index is 10.4. The molecule has 0 amide bonds. The third-order valence-electron chi connectivity index (χ3n) is 3.04. The lowest BCUT2D eigenvalue weighted by molar-refractivity contribution is -0.154. The van der Waals surface area contributed by atoms with Crippen LogP contribution in [0, 0.1) is 0 Å². The van der Waals surface area contributed by atoms with E-state index in [1.807, 2.05) is 0 Å². The molecule has 2 heterocycles. The lowest BCUT2D eigenvalue weighted by Gasteiger charge is -2.38. The van der Waals surface area contributed by atoms with Gasteiger partial charge in [-0.15, -0.1) is 0 Å². The van der Waals surface area contributed by atoms with Gasteiger partial charge in [-0.2, -0.15) is 0 Å². The number of aliphatic hydroxyl groups excluding tert-OH is 2. The predicted molar refractivity (Wildman–Crippen MR) is 69.1 cm³/mol. The predicted octanol–water partition coefficient (Wildman–Crippen LogP) is -2.20. The van der Waals surface area contributed by atoms with Crippen molar-refractivity contribution in [2.24, 2.45) is 4.99 Å². The van der Waals surface area contributed by atoms with E-state index in [1.165, 1.54) is 11.8 Å². The molecule has 19 heavy (non-hydrogen) atoms. The minimum absolute atomic E-state index is 0.160. The van der Waals surface area contributed by atoms with Gasteiger partial charge in [0.2, 0.25) is 0 Å². The van der Waals surface area contributed by atoms with Gasteiger partial charge in [-0.05, 0) is 0 Å². The highest BCUT2D eigenvalue weighted by atomic mass is 32.2. The number of aliphatic hydroxyl groups is 2. The van der Waals surface area contributed by atoms with Crippen molar-refractivity contribution >= 4 is 22.9 Å². The van der Waals surface area contributed by atoms with E-state index < -0.39 is 30.3 Å². The number of carboxylic acids is 1. The molecule has 2 fully saturated rings. The number of carbonyl (C=O) groups is 1. The molecule has 0 spiro atoms. The average Bonchev–Trinajstić information content (AvgIpc) is 2.78. The Labute approximate surface area is 114 Å². The molecule has 2 rings (SSSR count). The summed E-state index contributed by atoms with van der Waals surface area (Å²) < 4.78 is 5.66. The Hall–Kier alpha value is -0.870. The van der Waals surface area contributed by atoms with Gasteiger partial charge in [-0.1, -0.05) is 11.8 Å². The van der Waals surface area contributed by atoms with E-state index >= 15 is 0 Å². The largest absolute Gasteiger partial charge is 0.480 e. The van der Waals surface area contributed by atoms with Crippen LogP contribution in [-0.2, 0) is 9.53 Å². The van der Waals surface area contributed by atoms with Gasteiger partial charge in [0.15, 0.2) is 5.17 Å². The number of aliphatic imine (C=N–C) groups is 1. The number of nitrogens with zero attached hydrogens (tertiary/aromatic N) is 1. The Kier molecular flexibility index (Phi) is 4.63. The summed E-state index contributed by atoms with van der Waals surface area (Å²) in [5, 5.41) is 34.8. The summed E-state index contributed by atoms with van der Waals surface area (Å²) in [7, 11) is 1.63. The molecule has 0 aromatic rings. The number of aliphatic carboxylic acids is 1. The molecule has 0 aromatic heterocycles. The summed E-state index contributed by atoms with van der Waals surface area (Å²) >= 11 is 1.35. The van der Waals surface area contributed by atoms with E-state index in [2.05, 4.69) is 15.6 Å². The zero-order chi connectivity index (χ0) is 14.0. The van der Waals surface area contributed by atoms with Crippen LogP contribution in [0.25, 0.3) is 0 Å².